The summed E-state index contributed by atoms with van der Waals surface area (Å²) >= 11 is 1.58. The number of aromatic nitrogens is 2. The second-order valence-corrected chi connectivity index (χ2v) is 4.26. The van der Waals surface area contributed by atoms with Crippen LogP contribution in [0.15, 0.2) is 46.7 Å². The fourth-order valence-electron chi connectivity index (χ4n) is 1.10. The van der Waals surface area contributed by atoms with Gasteiger partial charge >= 0.3 is 0 Å². The van der Waals surface area contributed by atoms with E-state index in [1.54, 1.807) is 30.4 Å². The number of nitrogen functional groups attached to an aromatic ring is 1. The van der Waals surface area contributed by atoms with E-state index in [0.29, 0.717) is 0 Å². The van der Waals surface area contributed by atoms with E-state index in [1.165, 1.54) is 0 Å². The van der Waals surface area contributed by atoms with Crippen molar-refractivity contribution in [2.24, 2.45) is 0 Å². The standard InChI is InChI=1S/C11H11N3S/c1-8-7-14-11(6-10(8)12)15-9-2-4-13-5-3-9/h2-7H,1H3,(H2,12,14). The Hall–Kier alpha value is -1.55. The van der Waals surface area contributed by atoms with Gasteiger partial charge in [-0.25, -0.2) is 4.98 Å². The van der Waals surface area contributed by atoms with Gasteiger partial charge in [-0.15, -0.1) is 0 Å². The van der Waals surface area contributed by atoms with Gasteiger partial charge in [-0.1, -0.05) is 11.8 Å². The number of nitrogens with two attached hydrogens (primary N) is 1. The number of nitrogens with zero attached hydrogens (tertiary/aromatic N) is 2. The summed E-state index contributed by atoms with van der Waals surface area (Å²) in [6, 6.07) is 5.78. The van der Waals surface area contributed by atoms with Crippen LogP contribution in [-0.2, 0) is 0 Å². The van der Waals surface area contributed by atoms with E-state index >= 15 is 0 Å². The molecule has 0 saturated heterocycles. The van der Waals surface area contributed by atoms with Crippen molar-refractivity contribution in [2.45, 2.75) is 16.8 Å². The quantitative estimate of drug-likeness (QED) is 0.839. The Bertz CT molecular complexity index is 457. The van der Waals surface area contributed by atoms with Gasteiger partial charge in [0, 0.05) is 29.2 Å². The van der Waals surface area contributed by atoms with E-state index in [-0.39, 0.29) is 0 Å². The maximum atomic E-state index is 5.81. The molecule has 2 N–H and O–H groups in total. The van der Waals surface area contributed by atoms with E-state index in [4.69, 9.17) is 5.73 Å². The molecule has 0 aromatic carbocycles. The summed E-state index contributed by atoms with van der Waals surface area (Å²) in [6.07, 6.45) is 5.32. The van der Waals surface area contributed by atoms with Crippen LogP contribution in [0.2, 0.25) is 0 Å². The average molecular weight is 217 g/mol. The van der Waals surface area contributed by atoms with Gasteiger partial charge in [0.15, 0.2) is 0 Å². The highest BCUT2D eigenvalue weighted by Gasteiger charge is 2.00. The number of aryl methyl sites for hydroxylation is 1. The maximum absolute atomic E-state index is 5.81. The average Bonchev–Trinajstić information content (AvgIpc) is 2.25. The molecule has 0 bridgehead atoms. The van der Waals surface area contributed by atoms with E-state index in [9.17, 15) is 0 Å². The first-order chi connectivity index (χ1) is 7.25. The summed E-state index contributed by atoms with van der Waals surface area (Å²) < 4.78 is 0. The summed E-state index contributed by atoms with van der Waals surface area (Å²) in [5, 5.41) is 0.907. The van der Waals surface area contributed by atoms with Crippen LogP contribution < -0.4 is 5.73 Å². The third kappa shape index (κ3) is 2.47. The molecule has 0 amide bonds. The monoisotopic (exact) mass is 217 g/mol. The molecule has 4 heteroatoms. The van der Waals surface area contributed by atoms with Crippen molar-refractivity contribution in [1.82, 2.24) is 9.97 Å². The van der Waals surface area contributed by atoms with Crippen LogP contribution in [0.1, 0.15) is 5.56 Å². The van der Waals surface area contributed by atoms with Crippen molar-refractivity contribution in [3.63, 3.8) is 0 Å². The van der Waals surface area contributed by atoms with Crippen molar-refractivity contribution in [3.05, 3.63) is 42.4 Å². The highest BCUT2D eigenvalue weighted by molar-refractivity contribution is 7.99. The Balaban J connectivity index is 2.22. The van der Waals surface area contributed by atoms with Crippen molar-refractivity contribution in [2.75, 3.05) is 5.73 Å². The van der Waals surface area contributed by atoms with Crippen LogP contribution in [0.25, 0.3) is 0 Å². The molecule has 0 aliphatic carbocycles. The molecule has 0 aliphatic heterocycles. The third-order valence-electron chi connectivity index (χ3n) is 1.99. The van der Waals surface area contributed by atoms with Crippen molar-refractivity contribution in [1.29, 1.82) is 0 Å². The SMILES string of the molecule is Cc1cnc(Sc2ccncc2)cc1N. The topological polar surface area (TPSA) is 51.8 Å². The highest BCUT2D eigenvalue weighted by Crippen LogP contribution is 2.26. The lowest BCUT2D eigenvalue weighted by molar-refractivity contribution is 1.11. The van der Waals surface area contributed by atoms with Crippen LogP contribution in [-0.4, -0.2) is 9.97 Å². The van der Waals surface area contributed by atoms with Gasteiger partial charge in [-0.05, 0) is 30.7 Å². The van der Waals surface area contributed by atoms with Gasteiger partial charge < -0.3 is 5.73 Å². The number of pyridine rings is 2. The minimum atomic E-state index is 0.779. The largest absolute Gasteiger partial charge is 0.398 e. The Morgan fingerprint density at radius 1 is 1.27 bits per heavy atom. The van der Waals surface area contributed by atoms with Crippen LogP contribution in [0.4, 0.5) is 5.69 Å². The molecule has 2 aromatic rings. The molecule has 0 aliphatic rings. The molecule has 0 fully saturated rings. The molecule has 2 rings (SSSR count). The lowest BCUT2D eigenvalue weighted by Crippen LogP contribution is -1.91. The van der Waals surface area contributed by atoms with Crippen LogP contribution in [0, 0.1) is 6.92 Å². The van der Waals surface area contributed by atoms with Crippen molar-refractivity contribution < 1.29 is 0 Å². The van der Waals surface area contributed by atoms with Crippen molar-refractivity contribution >= 4 is 17.4 Å². The molecule has 76 valence electrons. The van der Waals surface area contributed by atoms with Gasteiger partial charge in [0.25, 0.3) is 0 Å². The molecule has 2 heterocycles. The summed E-state index contributed by atoms with van der Waals surface area (Å²) in [6.45, 7) is 1.95. The number of hydrogen-bond donors (Lipinski definition) is 1. The molecule has 0 unspecified atom stereocenters. The predicted octanol–water partition coefficient (Wildman–Crippen LogP) is 2.52. The molecule has 3 nitrogen and oxygen atoms in total. The van der Waals surface area contributed by atoms with Crippen molar-refractivity contribution in [3.8, 4) is 0 Å². The first-order valence-electron chi connectivity index (χ1n) is 4.56. The Morgan fingerprint density at radius 2 is 2.00 bits per heavy atom. The number of anilines is 1. The first-order valence-corrected chi connectivity index (χ1v) is 5.37. The Morgan fingerprint density at radius 3 is 2.67 bits per heavy atom. The van der Waals surface area contributed by atoms with Crippen LogP contribution >= 0.6 is 11.8 Å². The maximum Gasteiger partial charge on any atom is 0.103 e. The summed E-state index contributed by atoms with van der Waals surface area (Å²) in [5.41, 5.74) is 7.60. The third-order valence-corrected chi connectivity index (χ3v) is 2.93. The minimum absolute atomic E-state index is 0.779. The van der Waals surface area contributed by atoms with Gasteiger partial charge in [0.05, 0.1) is 0 Å². The first kappa shape index (κ1) is 9.98. The van der Waals surface area contributed by atoms with Gasteiger partial charge in [-0.3, -0.25) is 4.98 Å². The molecule has 0 atom stereocenters. The van der Waals surface area contributed by atoms with E-state index < -0.39 is 0 Å². The van der Waals surface area contributed by atoms with Crippen LogP contribution in [0.3, 0.4) is 0 Å². The second-order valence-electron chi connectivity index (χ2n) is 3.16. The van der Waals surface area contributed by atoms with E-state index in [1.807, 2.05) is 25.1 Å². The number of hydrogen-bond acceptors (Lipinski definition) is 4. The smallest absolute Gasteiger partial charge is 0.103 e. The molecule has 2 aromatic heterocycles. The van der Waals surface area contributed by atoms with E-state index in [2.05, 4.69) is 9.97 Å². The molecule has 0 radical (unpaired) electrons. The zero-order chi connectivity index (χ0) is 10.7. The summed E-state index contributed by atoms with van der Waals surface area (Å²) in [7, 11) is 0. The Kier molecular flexibility index (Phi) is 2.87. The fourth-order valence-corrected chi connectivity index (χ4v) is 1.89. The lowest BCUT2D eigenvalue weighted by Gasteiger charge is -2.03. The molecular weight excluding hydrogens is 206 g/mol. The second kappa shape index (κ2) is 4.31. The van der Waals surface area contributed by atoms with E-state index in [0.717, 1.165) is 21.2 Å². The predicted molar refractivity (Wildman–Crippen MR) is 61.7 cm³/mol. The minimum Gasteiger partial charge on any atom is -0.398 e. The highest BCUT2D eigenvalue weighted by atomic mass is 32.2. The Labute approximate surface area is 92.8 Å². The van der Waals surface area contributed by atoms with Crippen LogP contribution in [0.5, 0.6) is 0 Å². The zero-order valence-electron chi connectivity index (χ0n) is 8.34. The fraction of sp³-hybridized carbons (Fsp3) is 0.0909. The normalized spacial score (nSPS) is 10.2. The molecular formula is C11H11N3S. The zero-order valence-corrected chi connectivity index (χ0v) is 9.16. The van der Waals surface area contributed by atoms with Gasteiger partial charge in [-0.2, -0.15) is 0 Å². The van der Waals surface area contributed by atoms with Gasteiger partial charge in [0.2, 0.25) is 0 Å². The summed E-state index contributed by atoms with van der Waals surface area (Å²) in [4.78, 5) is 9.37. The number of rotatable bonds is 2. The van der Waals surface area contributed by atoms with Gasteiger partial charge in [0.1, 0.15) is 5.03 Å². The lowest BCUT2D eigenvalue weighted by atomic mass is 10.3. The molecule has 15 heavy (non-hydrogen) atoms. The molecule has 0 spiro atoms. The summed E-state index contributed by atoms with van der Waals surface area (Å²) in [5.74, 6) is 0. The molecule has 0 saturated carbocycles.